The minimum Gasteiger partial charge on any atom is -0.480 e. The van der Waals surface area contributed by atoms with Gasteiger partial charge < -0.3 is 20.5 Å². The molecule has 0 aromatic rings. The van der Waals surface area contributed by atoms with E-state index in [-0.39, 0.29) is 6.54 Å². The van der Waals surface area contributed by atoms with Gasteiger partial charge in [0.25, 0.3) is 0 Å². The molecule has 15 heavy (non-hydrogen) atoms. The van der Waals surface area contributed by atoms with Gasteiger partial charge in [-0.2, -0.15) is 0 Å². The number of rotatable bonds is 4. The second kappa shape index (κ2) is 6.23. The maximum absolute atomic E-state index is 11.1. The Morgan fingerprint density at radius 1 is 1.40 bits per heavy atom. The average Bonchev–Trinajstić information content (AvgIpc) is 2.25. The number of carboxylic acid groups (broad SMARTS) is 1. The van der Waals surface area contributed by atoms with Crippen LogP contribution in [0.5, 0.6) is 0 Å². The largest absolute Gasteiger partial charge is 0.480 e. The Morgan fingerprint density at radius 2 is 2.20 bits per heavy atom. The smallest absolute Gasteiger partial charge is 0.323 e. The third-order valence-corrected chi connectivity index (χ3v) is 2.21. The highest BCUT2D eigenvalue weighted by atomic mass is 16.5. The van der Waals surface area contributed by atoms with E-state index in [9.17, 15) is 9.59 Å². The Kier molecular flexibility index (Phi) is 4.89. The van der Waals surface area contributed by atoms with Crippen molar-refractivity contribution in [1.82, 2.24) is 10.6 Å². The van der Waals surface area contributed by atoms with Crippen molar-refractivity contribution in [3.05, 3.63) is 0 Å². The molecule has 3 N–H and O–H groups in total. The first-order valence-electron chi connectivity index (χ1n) is 4.99. The molecule has 0 aliphatic carbocycles. The van der Waals surface area contributed by atoms with Crippen LogP contribution in [-0.4, -0.2) is 43.4 Å². The normalized spacial score (nSPS) is 20.7. The summed E-state index contributed by atoms with van der Waals surface area (Å²) in [6, 6.07) is -0.442. The maximum Gasteiger partial charge on any atom is 0.323 e. The number of carbonyl (C=O) groups excluding carboxylic acids is 1. The fraction of sp³-hybridized carbons (Fsp3) is 0.778. The molecule has 1 aliphatic heterocycles. The predicted octanol–water partition coefficient (Wildman–Crippen LogP) is -0.203. The molecule has 0 aromatic carbocycles. The Labute approximate surface area is 88.0 Å². The van der Waals surface area contributed by atoms with Crippen LogP contribution >= 0.6 is 0 Å². The number of hydrogen-bond donors (Lipinski definition) is 3. The van der Waals surface area contributed by atoms with E-state index in [1.54, 1.807) is 0 Å². The van der Waals surface area contributed by atoms with Gasteiger partial charge in [0.05, 0.1) is 6.61 Å². The van der Waals surface area contributed by atoms with Crippen molar-refractivity contribution in [2.75, 3.05) is 26.3 Å². The van der Waals surface area contributed by atoms with Gasteiger partial charge in [-0.25, -0.2) is 4.79 Å². The SMILES string of the molecule is O=C(O)CNC(=O)NCC1CCCOC1. The van der Waals surface area contributed by atoms with Crippen molar-refractivity contribution in [2.24, 2.45) is 5.92 Å². The Hall–Kier alpha value is -1.30. The second-order valence-electron chi connectivity index (χ2n) is 3.54. The molecule has 1 atom stereocenters. The lowest BCUT2D eigenvalue weighted by molar-refractivity contribution is -0.135. The summed E-state index contributed by atoms with van der Waals surface area (Å²) in [7, 11) is 0. The highest BCUT2D eigenvalue weighted by Crippen LogP contribution is 2.11. The zero-order chi connectivity index (χ0) is 11.1. The van der Waals surface area contributed by atoms with Gasteiger partial charge in [0, 0.05) is 13.2 Å². The van der Waals surface area contributed by atoms with Crippen LogP contribution in [0.2, 0.25) is 0 Å². The van der Waals surface area contributed by atoms with Crippen molar-refractivity contribution < 1.29 is 19.4 Å². The number of hydrogen-bond acceptors (Lipinski definition) is 3. The molecule has 0 radical (unpaired) electrons. The van der Waals surface area contributed by atoms with Crippen molar-refractivity contribution in [1.29, 1.82) is 0 Å². The lowest BCUT2D eigenvalue weighted by atomic mass is 10.0. The molecule has 0 spiro atoms. The van der Waals surface area contributed by atoms with Crippen LogP contribution in [0.4, 0.5) is 4.79 Å². The van der Waals surface area contributed by atoms with Gasteiger partial charge in [0.15, 0.2) is 0 Å². The van der Waals surface area contributed by atoms with Crippen molar-refractivity contribution in [3.63, 3.8) is 0 Å². The van der Waals surface area contributed by atoms with E-state index in [0.717, 1.165) is 19.4 Å². The summed E-state index contributed by atoms with van der Waals surface area (Å²) in [6.07, 6.45) is 2.06. The van der Waals surface area contributed by atoms with Crippen LogP contribution in [0.3, 0.4) is 0 Å². The third-order valence-electron chi connectivity index (χ3n) is 2.21. The first-order valence-corrected chi connectivity index (χ1v) is 4.99. The number of amides is 2. The van der Waals surface area contributed by atoms with E-state index in [2.05, 4.69) is 10.6 Å². The summed E-state index contributed by atoms with van der Waals surface area (Å²) in [5.74, 6) is -0.708. The van der Waals surface area contributed by atoms with Gasteiger partial charge in [-0.15, -0.1) is 0 Å². The van der Waals surface area contributed by atoms with Gasteiger partial charge in [-0.3, -0.25) is 4.79 Å². The fourth-order valence-electron chi connectivity index (χ4n) is 1.42. The summed E-state index contributed by atoms with van der Waals surface area (Å²) < 4.78 is 5.25. The summed E-state index contributed by atoms with van der Waals surface area (Å²) in [5.41, 5.74) is 0. The van der Waals surface area contributed by atoms with Crippen molar-refractivity contribution >= 4 is 12.0 Å². The molecule has 1 heterocycles. The molecule has 6 heteroatoms. The van der Waals surface area contributed by atoms with E-state index in [1.165, 1.54) is 0 Å². The van der Waals surface area contributed by atoms with Gasteiger partial charge in [-0.1, -0.05) is 0 Å². The first kappa shape index (κ1) is 11.8. The summed E-state index contributed by atoms with van der Waals surface area (Å²) in [4.78, 5) is 21.2. The summed E-state index contributed by atoms with van der Waals surface area (Å²) in [6.45, 7) is 1.64. The molecule has 1 fully saturated rings. The number of ether oxygens (including phenoxy) is 1. The van der Waals surface area contributed by atoms with Gasteiger partial charge in [0.1, 0.15) is 6.54 Å². The van der Waals surface area contributed by atoms with Gasteiger partial charge >= 0.3 is 12.0 Å². The van der Waals surface area contributed by atoms with E-state index in [1.807, 2.05) is 0 Å². The Bertz CT molecular complexity index is 226. The van der Waals surface area contributed by atoms with Crippen LogP contribution in [0.1, 0.15) is 12.8 Å². The molecule has 0 aromatic heterocycles. The molecular weight excluding hydrogens is 200 g/mol. The Balaban J connectivity index is 2.07. The van der Waals surface area contributed by atoms with Crippen LogP contribution in [0.25, 0.3) is 0 Å². The van der Waals surface area contributed by atoms with E-state index < -0.39 is 12.0 Å². The molecule has 2 amide bonds. The molecule has 6 nitrogen and oxygen atoms in total. The molecule has 1 unspecified atom stereocenters. The standard InChI is InChI=1S/C9H16N2O4/c12-8(13)5-11-9(14)10-4-7-2-1-3-15-6-7/h7H,1-6H2,(H,12,13)(H2,10,11,14). The zero-order valence-electron chi connectivity index (χ0n) is 8.49. The van der Waals surface area contributed by atoms with Crippen LogP contribution < -0.4 is 10.6 Å². The van der Waals surface area contributed by atoms with Crippen molar-refractivity contribution in [3.8, 4) is 0 Å². The third kappa shape index (κ3) is 5.21. The van der Waals surface area contributed by atoms with E-state index >= 15 is 0 Å². The topological polar surface area (TPSA) is 87.7 Å². The number of aliphatic carboxylic acids is 1. The lowest BCUT2D eigenvalue weighted by Gasteiger charge is -2.22. The van der Waals surface area contributed by atoms with Gasteiger partial charge in [-0.05, 0) is 18.8 Å². The number of nitrogens with one attached hydrogen (secondary N) is 2. The lowest BCUT2D eigenvalue weighted by Crippen LogP contribution is -2.41. The van der Waals surface area contributed by atoms with Crippen LogP contribution in [0, 0.1) is 5.92 Å². The zero-order valence-corrected chi connectivity index (χ0v) is 8.49. The van der Waals surface area contributed by atoms with Crippen LogP contribution in [0.15, 0.2) is 0 Å². The molecular formula is C9H16N2O4. The first-order chi connectivity index (χ1) is 7.18. The number of carboxylic acids is 1. The van der Waals surface area contributed by atoms with E-state index in [0.29, 0.717) is 19.1 Å². The minimum absolute atomic E-state index is 0.342. The van der Waals surface area contributed by atoms with E-state index in [4.69, 9.17) is 9.84 Å². The minimum atomic E-state index is -1.05. The average molecular weight is 216 g/mol. The van der Waals surface area contributed by atoms with Crippen molar-refractivity contribution in [2.45, 2.75) is 12.8 Å². The highest BCUT2D eigenvalue weighted by molar-refractivity contribution is 5.79. The molecule has 0 saturated carbocycles. The quantitative estimate of drug-likeness (QED) is 0.607. The summed E-state index contributed by atoms with van der Waals surface area (Å²) in [5, 5.41) is 13.2. The number of urea groups is 1. The molecule has 1 aliphatic rings. The van der Waals surface area contributed by atoms with Gasteiger partial charge in [0.2, 0.25) is 0 Å². The fourth-order valence-corrected chi connectivity index (χ4v) is 1.42. The molecule has 0 bridgehead atoms. The molecule has 1 saturated heterocycles. The highest BCUT2D eigenvalue weighted by Gasteiger charge is 2.14. The molecule has 1 rings (SSSR count). The predicted molar refractivity (Wildman–Crippen MR) is 52.6 cm³/mol. The molecule has 86 valence electrons. The summed E-state index contributed by atoms with van der Waals surface area (Å²) >= 11 is 0. The monoisotopic (exact) mass is 216 g/mol. The maximum atomic E-state index is 11.1. The number of carbonyl (C=O) groups is 2. The van der Waals surface area contributed by atoms with Crippen LogP contribution in [-0.2, 0) is 9.53 Å². The second-order valence-corrected chi connectivity index (χ2v) is 3.54. The Morgan fingerprint density at radius 3 is 2.80 bits per heavy atom.